The van der Waals surface area contributed by atoms with Gasteiger partial charge in [0.15, 0.2) is 0 Å². The highest BCUT2D eigenvalue weighted by atomic mass is 16.5. The maximum Gasteiger partial charge on any atom is 0.322 e. The minimum atomic E-state index is -1.01. The minimum Gasteiger partial charge on any atom is -0.466 e. The summed E-state index contributed by atoms with van der Waals surface area (Å²) in [6.07, 6.45) is 0.915. The van der Waals surface area contributed by atoms with Crippen LogP contribution in [0.4, 0.5) is 0 Å². The highest BCUT2D eigenvalue weighted by molar-refractivity contribution is 5.77. The molecule has 0 saturated carbocycles. The summed E-state index contributed by atoms with van der Waals surface area (Å²) in [5, 5.41) is 9.88. The van der Waals surface area contributed by atoms with Gasteiger partial charge in [0.05, 0.1) is 18.8 Å². The average Bonchev–Trinajstić information content (AvgIpc) is 2.24. The molecule has 6 nitrogen and oxygen atoms in total. The number of carbonyl (C=O) groups is 2. The van der Waals surface area contributed by atoms with Crippen LogP contribution < -0.4 is 5.73 Å². The molecule has 0 aliphatic carbocycles. The zero-order chi connectivity index (χ0) is 12.9. The standard InChI is InChI=1S/C11H19NO5/c1-11(15)4-6-16-9(13)3-2-8(12)10(14)17-7-5-11/h8,15H,2-7,12H2,1H3/t8-,11?/m0/s1. The number of aliphatic hydroxyl groups is 1. The van der Waals surface area contributed by atoms with Crippen LogP contribution >= 0.6 is 0 Å². The molecule has 0 bridgehead atoms. The van der Waals surface area contributed by atoms with Crippen molar-refractivity contribution in [3.63, 3.8) is 0 Å². The van der Waals surface area contributed by atoms with Gasteiger partial charge in [-0.3, -0.25) is 9.59 Å². The largest absolute Gasteiger partial charge is 0.466 e. The molecule has 0 spiro atoms. The number of carbonyl (C=O) groups excluding carboxylic acids is 2. The third-order valence-corrected chi connectivity index (χ3v) is 2.75. The second-order valence-corrected chi connectivity index (χ2v) is 4.53. The minimum absolute atomic E-state index is 0.0818. The summed E-state index contributed by atoms with van der Waals surface area (Å²) in [4.78, 5) is 22.6. The van der Waals surface area contributed by atoms with Crippen LogP contribution in [-0.2, 0) is 19.1 Å². The number of hydrogen-bond donors (Lipinski definition) is 2. The van der Waals surface area contributed by atoms with Crippen molar-refractivity contribution in [2.24, 2.45) is 5.73 Å². The summed E-state index contributed by atoms with van der Waals surface area (Å²) in [6.45, 7) is 1.89. The molecule has 1 unspecified atom stereocenters. The van der Waals surface area contributed by atoms with Crippen LogP contribution in [0.3, 0.4) is 0 Å². The first kappa shape index (κ1) is 13.9. The number of esters is 2. The normalized spacial score (nSPS) is 33.0. The fourth-order valence-electron chi connectivity index (χ4n) is 1.45. The molecule has 1 aliphatic heterocycles. The van der Waals surface area contributed by atoms with E-state index in [0.717, 1.165) is 0 Å². The van der Waals surface area contributed by atoms with Crippen molar-refractivity contribution in [2.75, 3.05) is 13.2 Å². The van der Waals surface area contributed by atoms with Gasteiger partial charge in [-0.15, -0.1) is 0 Å². The Morgan fingerprint density at radius 3 is 2.53 bits per heavy atom. The Hall–Kier alpha value is -1.14. The molecule has 17 heavy (non-hydrogen) atoms. The topological polar surface area (TPSA) is 98.9 Å². The van der Waals surface area contributed by atoms with Crippen LogP contribution in [0, 0.1) is 0 Å². The lowest BCUT2D eigenvalue weighted by Gasteiger charge is -2.24. The third-order valence-electron chi connectivity index (χ3n) is 2.75. The summed E-state index contributed by atoms with van der Waals surface area (Å²) in [7, 11) is 0. The fourth-order valence-corrected chi connectivity index (χ4v) is 1.45. The van der Waals surface area contributed by atoms with E-state index in [1.165, 1.54) is 0 Å². The number of nitrogens with two attached hydrogens (primary N) is 1. The smallest absolute Gasteiger partial charge is 0.322 e. The predicted molar refractivity (Wildman–Crippen MR) is 59.0 cm³/mol. The molecule has 98 valence electrons. The number of ether oxygens (including phenoxy) is 2. The van der Waals surface area contributed by atoms with Crippen molar-refractivity contribution in [2.45, 2.75) is 44.2 Å². The van der Waals surface area contributed by atoms with E-state index < -0.39 is 23.6 Å². The maximum absolute atomic E-state index is 11.4. The molecule has 1 fully saturated rings. The Labute approximate surface area is 100 Å². The summed E-state index contributed by atoms with van der Waals surface area (Å²) in [6, 6.07) is -0.813. The Morgan fingerprint density at radius 2 is 1.88 bits per heavy atom. The molecule has 0 amide bonds. The van der Waals surface area contributed by atoms with Crippen molar-refractivity contribution in [3.05, 3.63) is 0 Å². The molecule has 0 radical (unpaired) electrons. The molecule has 2 atom stereocenters. The van der Waals surface area contributed by atoms with Crippen molar-refractivity contribution >= 4 is 11.9 Å². The van der Waals surface area contributed by atoms with Gasteiger partial charge in [-0.2, -0.15) is 0 Å². The van der Waals surface area contributed by atoms with Crippen LogP contribution in [0.5, 0.6) is 0 Å². The lowest BCUT2D eigenvalue weighted by atomic mass is 9.99. The molecule has 6 heteroatoms. The molecule has 1 heterocycles. The summed E-state index contributed by atoms with van der Waals surface area (Å²) < 4.78 is 9.85. The van der Waals surface area contributed by atoms with Gasteiger partial charge >= 0.3 is 11.9 Å². The van der Waals surface area contributed by atoms with Gasteiger partial charge in [0.25, 0.3) is 0 Å². The average molecular weight is 245 g/mol. The Kier molecular flexibility index (Phi) is 4.89. The van der Waals surface area contributed by atoms with E-state index in [0.29, 0.717) is 12.8 Å². The van der Waals surface area contributed by atoms with E-state index in [4.69, 9.17) is 15.2 Å². The SMILES string of the molecule is CC1(O)CCOC(=O)CC[C@H](N)C(=O)OCC1. The Bertz CT molecular complexity index is 290. The molecule has 1 rings (SSSR count). The summed E-state index contributed by atoms with van der Waals surface area (Å²) >= 11 is 0. The van der Waals surface area contributed by atoms with Crippen molar-refractivity contribution in [1.82, 2.24) is 0 Å². The predicted octanol–water partition coefficient (Wildman–Crippen LogP) is -0.275. The maximum atomic E-state index is 11.4. The van der Waals surface area contributed by atoms with Crippen molar-refractivity contribution < 1.29 is 24.2 Å². The molecule has 1 saturated heterocycles. The van der Waals surface area contributed by atoms with Gasteiger partial charge < -0.3 is 20.3 Å². The Balaban J connectivity index is 2.57. The van der Waals surface area contributed by atoms with Crippen LogP contribution in [0.15, 0.2) is 0 Å². The summed E-state index contributed by atoms with van der Waals surface area (Å²) in [5.74, 6) is -0.959. The van der Waals surface area contributed by atoms with E-state index in [1.807, 2.05) is 0 Å². The second-order valence-electron chi connectivity index (χ2n) is 4.53. The molecule has 0 aromatic carbocycles. The van der Waals surface area contributed by atoms with E-state index in [2.05, 4.69) is 0 Å². The second kappa shape index (κ2) is 5.97. The lowest BCUT2D eigenvalue weighted by molar-refractivity contribution is -0.150. The van der Waals surface area contributed by atoms with Crippen LogP contribution in [0.25, 0.3) is 0 Å². The lowest BCUT2D eigenvalue weighted by Crippen LogP contribution is -2.36. The summed E-state index contributed by atoms with van der Waals surface area (Å²) in [5.41, 5.74) is 4.53. The molecular formula is C11H19NO5. The monoisotopic (exact) mass is 245 g/mol. The van der Waals surface area contributed by atoms with Gasteiger partial charge in [0, 0.05) is 19.3 Å². The number of rotatable bonds is 0. The zero-order valence-corrected chi connectivity index (χ0v) is 9.98. The highest BCUT2D eigenvalue weighted by Crippen LogP contribution is 2.15. The third kappa shape index (κ3) is 5.14. The number of cyclic esters (lactones) is 2. The van der Waals surface area contributed by atoms with Gasteiger partial charge in [0.1, 0.15) is 6.04 Å². The Morgan fingerprint density at radius 1 is 1.29 bits per heavy atom. The number of hydrogen-bond acceptors (Lipinski definition) is 6. The van der Waals surface area contributed by atoms with Gasteiger partial charge in [-0.25, -0.2) is 0 Å². The molecule has 3 N–H and O–H groups in total. The van der Waals surface area contributed by atoms with Crippen LogP contribution in [-0.4, -0.2) is 41.9 Å². The molecule has 0 aromatic rings. The molecular weight excluding hydrogens is 226 g/mol. The van der Waals surface area contributed by atoms with Gasteiger partial charge in [-0.05, 0) is 13.3 Å². The quantitative estimate of drug-likeness (QED) is 0.570. The first-order valence-electron chi connectivity index (χ1n) is 5.71. The van der Waals surface area contributed by atoms with E-state index in [1.54, 1.807) is 6.92 Å². The van der Waals surface area contributed by atoms with E-state index >= 15 is 0 Å². The van der Waals surface area contributed by atoms with Crippen LogP contribution in [0.2, 0.25) is 0 Å². The van der Waals surface area contributed by atoms with E-state index in [9.17, 15) is 14.7 Å². The highest BCUT2D eigenvalue weighted by Gasteiger charge is 2.24. The van der Waals surface area contributed by atoms with Crippen molar-refractivity contribution in [3.8, 4) is 0 Å². The first-order chi connectivity index (χ1) is 7.91. The fraction of sp³-hybridized carbons (Fsp3) is 0.818. The molecule has 0 aromatic heterocycles. The molecule has 1 aliphatic rings. The zero-order valence-electron chi connectivity index (χ0n) is 9.98. The van der Waals surface area contributed by atoms with Gasteiger partial charge in [-0.1, -0.05) is 0 Å². The van der Waals surface area contributed by atoms with Gasteiger partial charge in [0.2, 0.25) is 0 Å². The van der Waals surface area contributed by atoms with Crippen molar-refractivity contribution in [1.29, 1.82) is 0 Å². The first-order valence-corrected chi connectivity index (χ1v) is 5.71. The van der Waals surface area contributed by atoms with E-state index in [-0.39, 0.29) is 26.1 Å². The van der Waals surface area contributed by atoms with Crippen LogP contribution in [0.1, 0.15) is 32.6 Å².